The lowest BCUT2D eigenvalue weighted by Gasteiger charge is -2.35. The molecule has 22 heavy (non-hydrogen) atoms. The highest BCUT2D eigenvalue weighted by molar-refractivity contribution is 5.95. The van der Waals surface area contributed by atoms with Crippen LogP contribution in [0.4, 0.5) is 0 Å². The summed E-state index contributed by atoms with van der Waals surface area (Å²) in [5, 5.41) is 2.74. The fourth-order valence-corrected chi connectivity index (χ4v) is 2.64. The predicted octanol–water partition coefficient (Wildman–Crippen LogP) is 2.00. The maximum absolute atomic E-state index is 12.4. The lowest BCUT2D eigenvalue weighted by molar-refractivity contribution is -0.138. The number of nitrogens with one attached hydrogen (secondary N) is 1. The van der Waals surface area contributed by atoms with E-state index < -0.39 is 6.04 Å². The molecule has 1 fully saturated rings. The topological polar surface area (TPSA) is 62.3 Å². The van der Waals surface area contributed by atoms with Crippen LogP contribution in [0.15, 0.2) is 30.6 Å². The number of likely N-dealkylation sites (tertiary alicyclic amines) is 1. The first-order valence-corrected chi connectivity index (χ1v) is 7.77. The van der Waals surface area contributed by atoms with E-state index in [0.29, 0.717) is 0 Å². The lowest BCUT2D eigenvalue weighted by Crippen LogP contribution is -2.51. The maximum Gasteiger partial charge on any atom is 0.245 e. The summed E-state index contributed by atoms with van der Waals surface area (Å²) in [6.07, 6.45) is 9.73. The Bertz CT molecular complexity index is 542. The summed E-state index contributed by atoms with van der Waals surface area (Å²) in [5.41, 5.74) is 0.897. The highest BCUT2D eigenvalue weighted by atomic mass is 16.2. The summed E-state index contributed by atoms with van der Waals surface area (Å²) in [7, 11) is 0. The SMILES string of the molecule is C[C@H](NC(=O)/C=C\c1ccncc1)C(=O)N1CCCC[C@@H]1C. The maximum atomic E-state index is 12.4. The fourth-order valence-electron chi connectivity index (χ4n) is 2.64. The molecule has 1 aliphatic heterocycles. The average Bonchev–Trinajstić information content (AvgIpc) is 2.53. The molecule has 1 saturated heterocycles. The van der Waals surface area contributed by atoms with Gasteiger partial charge in [0, 0.05) is 31.1 Å². The minimum atomic E-state index is -0.504. The van der Waals surface area contributed by atoms with Crippen molar-refractivity contribution in [1.82, 2.24) is 15.2 Å². The van der Waals surface area contributed by atoms with E-state index >= 15 is 0 Å². The molecule has 5 nitrogen and oxygen atoms in total. The molecule has 2 rings (SSSR count). The van der Waals surface area contributed by atoms with Crippen LogP contribution in [0.25, 0.3) is 6.08 Å². The van der Waals surface area contributed by atoms with Gasteiger partial charge < -0.3 is 10.2 Å². The molecule has 0 saturated carbocycles. The highest BCUT2D eigenvalue weighted by Crippen LogP contribution is 2.17. The Morgan fingerprint density at radius 2 is 2.09 bits per heavy atom. The van der Waals surface area contributed by atoms with Crippen LogP contribution < -0.4 is 5.32 Å². The highest BCUT2D eigenvalue weighted by Gasteiger charge is 2.27. The molecule has 1 aromatic rings. The fraction of sp³-hybridized carbons (Fsp3) is 0.471. The third kappa shape index (κ3) is 4.41. The molecule has 2 atom stereocenters. The zero-order chi connectivity index (χ0) is 15.9. The van der Waals surface area contributed by atoms with Gasteiger partial charge in [0.15, 0.2) is 0 Å². The van der Waals surface area contributed by atoms with Crippen molar-refractivity contribution in [3.8, 4) is 0 Å². The molecular weight excluding hydrogens is 278 g/mol. The van der Waals surface area contributed by atoms with Gasteiger partial charge in [0.25, 0.3) is 0 Å². The Morgan fingerprint density at radius 3 is 2.77 bits per heavy atom. The first-order valence-electron chi connectivity index (χ1n) is 7.77. The van der Waals surface area contributed by atoms with Crippen molar-refractivity contribution in [3.63, 3.8) is 0 Å². The normalized spacial score (nSPS) is 19.9. The summed E-state index contributed by atoms with van der Waals surface area (Å²) in [4.78, 5) is 30.1. The second-order valence-corrected chi connectivity index (χ2v) is 5.72. The number of carbonyl (C=O) groups excluding carboxylic acids is 2. The van der Waals surface area contributed by atoms with Crippen LogP contribution in [-0.4, -0.2) is 40.3 Å². The summed E-state index contributed by atoms with van der Waals surface area (Å²) in [6.45, 7) is 4.59. The van der Waals surface area contributed by atoms with Gasteiger partial charge in [-0.05, 0) is 56.9 Å². The summed E-state index contributed by atoms with van der Waals surface area (Å²) < 4.78 is 0. The zero-order valence-electron chi connectivity index (χ0n) is 13.2. The summed E-state index contributed by atoms with van der Waals surface area (Å²) in [5.74, 6) is -0.264. The second-order valence-electron chi connectivity index (χ2n) is 5.72. The molecule has 0 aliphatic carbocycles. The third-order valence-corrected chi connectivity index (χ3v) is 3.95. The van der Waals surface area contributed by atoms with Crippen molar-refractivity contribution in [3.05, 3.63) is 36.2 Å². The standard InChI is InChI=1S/C17H23N3O2/c1-13-5-3-4-12-20(13)17(22)14(2)19-16(21)7-6-15-8-10-18-11-9-15/h6-11,13-14H,3-5,12H2,1-2H3,(H,19,21)/b7-6-/t13-,14-/m0/s1. The molecule has 118 valence electrons. The number of pyridine rings is 1. The molecule has 0 spiro atoms. The Kier molecular flexibility index (Phi) is 5.69. The van der Waals surface area contributed by atoms with E-state index in [-0.39, 0.29) is 17.9 Å². The Hall–Kier alpha value is -2.17. The monoisotopic (exact) mass is 301 g/mol. The molecule has 1 aromatic heterocycles. The van der Waals surface area contributed by atoms with E-state index in [1.807, 2.05) is 17.0 Å². The Balaban J connectivity index is 1.88. The molecule has 2 heterocycles. The van der Waals surface area contributed by atoms with Crippen LogP contribution in [-0.2, 0) is 9.59 Å². The number of carbonyl (C=O) groups is 2. The lowest BCUT2D eigenvalue weighted by atomic mass is 10.0. The molecule has 5 heteroatoms. The van der Waals surface area contributed by atoms with E-state index in [2.05, 4.69) is 17.2 Å². The molecule has 0 unspecified atom stereocenters. The smallest absolute Gasteiger partial charge is 0.245 e. The van der Waals surface area contributed by atoms with Crippen molar-refractivity contribution >= 4 is 17.9 Å². The van der Waals surface area contributed by atoms with Gasteiger partial charge in [-0.1, -0.05) is 0 Å². The number of hydrogen-bond acceptors (Lipinski definition) is 3. The van der Waals surface area contributed by atoms with E-state index in [4.69, 9.17) is 0 Å². The van der Waals surface area contributed by atoms with Crippen LogP contribution in [0.5, 0.6) is 0 Å². The van der Waals surface area contributed by atoms with Gasteiger partial charge in [-0.25, -0.2) is 0 Å². The number of aromatic nitrogens is 1. The molecule has 0 aromatic carbocycles. The quantitative estimate of drug-likeness (QED) is 0.865. The zero-order valence-corrected chi connectivity index (χ0v) is 13.2. The van der Waals surface area contributed by atoms with Crippen LogP contribution in [0.2, 0.25) is 0 Å². The number of hydrogen-bond donors (Lipinski definition) is 1. The third-order valence-electron chi connectivity index (χ3n) is 3.95. The molecule has 1 N–H and O–H groups in total. The van der Waals surface area contributed by atoms with Gasteiger partial charge >= 0.3 is 0 Å². The number of nitrogens with zero attached hydrogens (tertiary/aromatic N) is 2. The van der Waals surface area contributed by atoms with E-state index in [9.17, 15) is 9.59 Å². The van der Waals surface area contributed by atoms with Crippen LogP contribution >= 0.6 is 0 Å². The first-order chi connectivity index (χ1) is 10.6. The van der Waals surface area contributed by atoms with Crippen molar-refractivity contribution in [2.75, 3.05) is 6.54 Å². The van der Waals surface area contributed by atoms with Crippen LogP contribution in [0, 0.1) is 0 Å². The van der Waals surface area contributed by atoms with Crippen molar-refractivity contribution < 1.29 is 9.59 Å². The van der Waals surface area contributed by atoms with Crippen molar-refractivity contribution in [1.29, 1.82) is 0 Å². The number of amides is 2. The largest absolute Gasteiger partial charge is 0.341 e. The van der Waals surface area contributed by atoms with E-state index in [1.165, 1.54) is 12.5 Å². The summed E-state index contributed by atoms with van der Waals surface area (Å²) >= 11 is 0. The van der Waals surface area contributed by atoms with Gasteiger partial charge in [0.2, 0.25) is 11.8 Å². The molecule has 1 aliphatic rings. The van der Waals surface area contributed by atoms with Gasteiger partial charge in [0.05, 0.1) is 0 Å². The van der Waals surface area contributed by atoms with Gasteiger partial charge in [-0.3, -0.25) is 14.6 Å². The van der Waals surface area contributed by atoms with Gasteiger partial charge in [0.1, 0.15) is 6.04 Å². The summed E-state index contributed by atoms with van der Waals surface area (Å²) in [6, 6.07) is 3.38. The molecular formula is C17H23N3O2. The van der Waals surface area contributed by atoms with Crippen molar-refractivity contribution in [2.24, 2.45) is 0 Å². The molecule has 0 bridgehead atoms. The number of rotatable bonds is 4. The van der Waals surface area contributed by atoms with E-state index in [0.717, 1.165) is 24.9 Å². The Labute approximate surface area is 131 Å². The first kappa shape index (κ1) is 16.2. The van der Waals surface area contributed by atoms with Crippen LogP contribution in [0.1, 0.15) is 38.7 Å². The van der Waals surface area contributed by atoms with E-state index in [1.54, 1.807) is 25.4 Å². The number of piperidine rings is 1. The average molecular weight is 301 g/mol. The minimum absolute atomic E-state index is 0.00198. The molecule has 2 amide bonds. The van der Waals surface area contributed by atoms with Crippen LogP contribution in [0.3, 0.4) is 0 Å². The second kappa shape index (κ2) is 7.73. The Morgan fingerprint density at radius 1 is 1.36 bits per heavy atom. The van der Waals surface area contributed by atoms with Gasteiger partial charge in [-0.15, -0.1) is 0 Å². The minimum Gasteiger partial charge on any atom is -0.341 e. The molecule has 0 radical (unpaired) electrons. The van der Waals surface area contributed by atoms with Crippen molar-refractivity contribution in [2.45, 2.75) is 45.2 Å². The predicted molar refractivity (Wildman–Crippen MR) is 85.9 cm³/mol. The van der Waals surface area contributed by atoms with Gasteiger partial charge in [-0.2, -0.15) is 0 Å².